The third-order valence-corrected chi connectivity index (χ3v) is 3.57. The van der Waals surface area contributed by atoms with Gasteiger partial charge in [-0.3, -0.25) is 0 Å². The van der Waals surface area contributed by atoms with Gasteiger partial charge >= 0.3 is 5.97 Å². The molecular weight excluding hydrogens is 236 g/mol. The van der Waals surface area contributed by atoms with Gasteiger partial charge in [-0.15, -0.1) is 0 Å². The van der Waals surface area contributed by atoms with Gasteiger partial charge in [0.25, 0.3) is 0 Å². The highest BCUT2D eigenvalue weighted by Gasteiger charge is 2.18. The normalized spacial score (nSPS) is 13.8. The highest BCUT2D eigenvalue weighted by molar-refractivity contribution is 5.81. The fraction of sp³-hybridized carbons (Fsp3) is 0.824. The van der Waals surface area contributed by atoms with Crippen LogP contribution in [0.25, 0.3) is 0 Å². The number of carbonyl (C=O) groups is 1. The molecule has 0 amide bonds. The van der Waals surface area contributed by atoms with E-state index in [2.05, 4.69) is 27.4 Å². The molecule has 0 saturated carbocycles. The molecule has 0 aromatic carbocycles. The summed E-state index contributed by atoms with van der Waals surface area (Å²) in [6.07, 6.45) is 12.0. The lowest BCUT2D eigenvalue weighted by atomic mass is 9.90. The van der Waals surface area contributed by atoms with E-state index in [1.807, 2.05) is 0 Å². The maximum atomic E-state index is 11.4. The number of unbranched alkanes of at least 4 members (excludes halogenated alkanes) is 2. The second-order valence-electron chi connectivity index (χ2n) is 5.44. The second kappa shape index (κ2) is 12.3. The Morgan fingerprint density at radius 2 is 1.74 bits per heavy atom. The first-order valence-corrected chi connectivity index (χ1v) is 8.00. The van der Waals surface area contributed by atoms with Crippen molar-refractivity contribution < 1.29 is 9.53 Å². The summed E-state index contributed by atoms with van der Waals surface area (Å²) in [7, 11) is 0. The third-order valence-electron chi connectivity index (χ3n) is 3.57. The number of hydrogen-bond donors (Lipinski definition) is 0. The monoisotopic (exact) mass is 268 g/mol. The lowest BCUT2D eigenvalue weighted by Crippen LogP contribution is -2.20. The molecule has 19 heavy (non-hydrogen) atoms. The Bertz CT molecular complexity index is 235. The fourth-order valence-electron chi connectivity index (χ4n) is 2.60. The van der Waals surface area contributed by atoms with Crippen LogP contribution in [-0.2, 0) is 9.53 Å². The van der Waals surface area contributed by atoms with Gasteiger partial charge in [0, 0.05) is 6.08 Å². The quantitative estimate of drug-likeness (QED) is 0.274. The maximum absolute atomic E-state index is 11.4. The smallest absolute Gasteiger partial charge is 0.330 e. The molecule has 0 aliphatic carbocycles. The van der Waals surface area contributed by atoms with Gasteiger partial charge in [-0.25, -0.2) is 4.79 Å². The van der Waals surface area contributed by atoms with Crippen molar-refractivity contribution in [3.8, 4) is 0 Å². The summed E-state index contributed by atoms with van der Waals surface area (Å²) in [6, 6.07) is 0. The lowest BCUT2D eigenvalue weighted by Gasteiger charge is -2.23. The van der Waals surface area contributed by atoms with Crippen molar-refractivity contribution in [1.29, 1.82) is 0 Å². The van der Waals surface area contributed by atoms with E-state index in [9.17, 15) is 4.79 Å². The molecule has 0 bridgehead atoms. The molecule has 0 aromatic rings. The van der Waals surface area contributed by atoms with Gasteiger partial charge in [0.15, 0.2) is 0 Å². The molecule has 2 atom stereocenters. The van der Waals surface area contributed by atoms with E-state index in [0.29, 0.717) is 5.92 Å². The molecule has 0 aliphatic rings. The zero-order chi connectivity index (χ0) is 14.5. The Balaban J connectivity index is 4.28. The van der Waals surface area contributed by atoms with Crippen LogP contribution >= 0.6 is 0 Å². The summed E-state index contributed by atoms with van der Waals surface area (Å²) in [5.41, 5.74) is 0. The average molecular weight is 268 g/mol. The molecule has 0 N–H and O–H groups in total. The Morgan fingerprint density at radius 3 is 2.26 bits per heavy atom. The first-order chi connectivity index (χ1) is 9.17. The number of hydrogen-bond acceptors (Lipinski definition) is 2. The topological polar surface area (TPSA) is 26.3 Å². The standard InChI is InChI=1S/C17H32O2/c1-5-9-10-13-15(11-6-2)14-16(12-7-3)19-17(18)8-4/h8,15-16H,4-7,9-14H2,1-3H3. The number of carbonyl (C=O) groups excluding carboxylic acids is 1. The van der Waals surface area contributed by atoms with Crippen molar-refractivity contribution in [2.45, 2.75) is 84.7 Å². The maximum Gasteiger partial charge on any atom is 0.330 e. The van der Waals surface area contributed by atoms with Gasteiger partial charge in [0.05, 0.1) is 0 Å². The van der Waals surface area contributed by atoms with Crippen LogP contribution < -0.4 is 0 Å². The van der Waals surface area contributed by atoms with Crippen LogP contribution in [0.1, 0.15) is 78.6 Å². The van der Waals surface area contributed by atoms with Crippen LogP contribution in [0.15, 0.2) is 12.7 Å². The van der Waals surface area contributed by atoms with Crippen molar-refractivity contribution in [2.24, 2.45) is 5.92 Å². The van der Waals surface area contributed by atoms with Crippen LogP contribution in [0, 0.1) is 5.92 Å². The molecule has 0 fully saturated rings. The van der Waals surface area contributed by atoms with Gasteiger partial charge < -0.3 is 4.74 Å². The molecule has 0 aromatic heterocycles. The van der Waals surface area contributed by atoms with Crippen molar-refractivity contribution in [3.05, 3.63) is 12.7 Å². The van der Waals surface area contributed by atoms with E-state index >= 15 is 0 Å². The Hall–Kier alpha value is -0.790. The third kappa shape index (κ3) is 9.75. The summed E-state index contributed by atoms with van der Waals surface area (Å²) < 4.78 is 5.47. The van der Waals surface area contributed by atoms with E-state index < -0.39 is 0 Å². The molecular formula is C17H32O2. The molecule has 0 rings (SSSR count). The van der Waals surface area contributed by atoms with Gasteiger partial charge in [0.1, 0.15) is 6.10 Å². The molecule has 2 unspecified atom stereocenters. The first kappa shape index (κ1) is 18.2. The Labute approximate surface area is 119 Å². The fourth-order valence-corrected chi connectivity index (χ4v) is 2.60. The van der Waals surface area contributed by atoms with Crippen molar-refractivity contribution in [2.75, 3.05) is 0 Å². The highest BCUT2D eigenvalue weighted by Crippen LogP contribution is 2.24. The molecule has 0 saturated heterocycles. The first-order valence-electron chi connectivity index (χ1n) is 8.00. The van der Waals surface area contributed by atoms with Gasteiger partial charge in [-0.2, -0.15) is 0 Å². The summed E-state index contributed by atoms with van der Waals surface area (Å²) in [6.45, 7) is 10.1. The van der Waals surface area contributed by atoms with Crippen molar-refractivity contribution >= 4 is 5.97 Å². The van der Waals surface area contributed by atoms with Gasteiger partial charge in [-0.05, 0) is 18.8 Å². The minimum absolute atomic E-state index is 0.0775. The number of ether oxygens (including phenoxy) is 1. The van der Waals surface area contributed by atoms with Crippen molar-refractivity contribution in [3.63, 3.8) is 0 Å². The zero-order valence-electron chi connectivity index (χ0n) is 13.1. The second-order valence-corrected chi connectivity index (χ2v) is 5.44. The molecule has 2 heteroatoms. The van der Waals surface area contributed by atoms with Gasteiger partial charge in [-0.1, -0.05) is 72.3 Å². The van der Waals surface area contributed by atoms with Gasteiger partial charge in [0.2, 0.25) is 0 Å². The van der Waals surface area contributed by atoms with E-state index in [4.69, 9.17) is 4.74 Å². The van der Waals surface area contributed by atoms with Crippen LogP contribution in [0.4, 0.5) is 0 Å². The minimum Gasteiger partial charge on any atom is -0.459 e. The zero-order valence-corrected chi connectivity index (χ0v) is 13.1. The molecule has 0 heterocycles. The van der Waals surface area contributed by atoms with E-state index in [1.165, 1.54) is 44.6 Å². The molecule has 112 valence electrons. The largest absolute Gasteiger partial charge is 0.459 e. The van der Waals surface area contributed by atoms with E-state index in [-0.39, 0.29) is 12.1 Å². The number of esters is 1. The molecule has 2 nitrogen and oxygen atoms in total. The summed E-state index contributed by atoms with van der Waals surface area (Å²) in [4.78, 5) is 11.4. The summed E-state index contributed by atoms with van der Waals surface area (Å²) in [5, 5.41) is 0. The number of rotatable bonds is 12. The summed E-state index contributed by atoms with van der Waals surface area (Å²) in [5.74, 6) is 0.424. The minimum atomic E-state index is -0.276. The van der Waals surface area contributed by atoms with Crippen LogP contribution in [-0.4, -0.2) is 12.1 Å². The Kier molecular flexibility index (Phi) is 11.7. The predicted octanol–water partition coefficient (Wildman–Crippen LogP) is 5.27. The predicted molar refractivity (Wildman–Crippen MR) is 82.1 cm³/mol. The highest BCUT2D eigenvalue weighted by atomic mass is 16.5. The van der Waals surface area contributed by atoms with Crippen LogP contribution in [0.3, 0.4) is 0 Å². The molecule has 0 aliphatic heterocycles. The summed E-state index contributed by atoms with van der Waals surface area (Å²) >= 11 is 0. The van der Waals surface area contributed by atoms with Crippen LogP contribution in [0.2, 0.25) is 0 Å². The Morgan fingerprint density at radius 1 is 1.05 bits per heavy atom. The van der Waals surface area contributed by atoms with Crippen LogP contribution in [0.5, 0.6) is 0 Å². The average Bonchev–Trinajstić information content (AvgIpc) is 2.39. The van der Waals surface area contributed by atoms with E-state index in [1.54, 1.807) is 0 Å². The molecule has 0 spiro atoms. The van der Waals surface area contributed by atoms with E-state index in [0.717, 1.165) is 19.3 Å². The van der Waals surface area contributed by atoms with Crippen molar-refractivity contribution in [1.82, 2.24) is 0 Å². The SMILES string of the molecule is C=CC(=O)OC(CCC)CC(CCC)CCCCC. The molecule has 0 radical (unpaired) electrons. The lowest BCUT2D eigenvalue weighted by molar-refractivity contribution is -0.144.